The number of hydrogen-bond donors (Lipinski definition) is 1. The molecular weight excluding hydrogens is 262 g/mol. The van der Waals surface area contributed by atoms with Crippen LogP contribution in [0.5, 0.6) is 0 Å². The van der Waals surface area contributed by atoms with Crippen LogP contribution in [0, 0.1) is 0 Å². The van der Waals surface area contributed by atoms with Gasteiger partial charge in [0, 0.05) is 36.1 Å². The summed E-state index contributed by atoms with van der Waals surface area (Å²) in [4.78, 5) is 15.8. The molecule has 1 N–H and O–H groups in total. The number of hydrogen-bond acceptors (Lipinski definition) is 2. The summed E-state index contributed by atoms with van der Waals surface area (Å²) >= 11 is 5.77. The second-order valence-corrected chi connectivity index (χ2v) is 4.71. The molecule has 1 aromatic heterocycles. The summed E-state index contributed by atoms with van der Waals surface area (Å²) < 4.78 is 2.03. The zero-order chi connectivity index (χ0) is 13.5. The average molecular weight is 278 g/mol. The number of unbranched alkanes of at least 4 members (excludes halogenated alkanes) is 1. The molecule has 1 aromatic carbocycles. The molecule has 0 bridgehead atoms. The minimum atomic E-state index is -0.0562. The molecule has 0 aliphatic heterocycles. The summed E-state index contributed by atoms with van der Waals surface area (Å²) in [5.41, 5.74) is 0.638. The number of carbonyl (C=O) groups is 1. The van der Waals surface area contributed by atoms with Crippen LogP contribution < -0.4 is 5.32 Å². The summed E-state index contributed by atoms with van der Waals surface area (Å²) in [5.74, 6) is -0.0562. The Kier molecular flexibility index (Phi) is 4.98. The van der Waals surface area contributed by atoms with Crippen molar-refractivity contribution in [1.82, 2.24) is 14.9 Å². The van der Waals surface area contributed by atoms with E-state index in [0.717, 1.165) is 19.4 Å². The van der Waals surface area contributed by atoms with Gasteiger partial charge in [-0.3, -0.25) is 4.79 Å². The van der Waals surface area contributed by atoms with Crippen LogP contribution >= 0.6 is 11.6 Å². The Morgan fingerprint density at radius 2 is 2.05 bits per heavy atom. The summed E-state index contributed by atoms with van der Waals surface area (Å²) in [6, 6.07) is 6.89. The van der Waals surface area contributed by atoms with Gasteiger partial charge in [0.1, 0.15) is 0 Å². The first-order valence-corrected chi connectivity index (χ1v) is 6.63. The highest BCUT2D eigenvalue weighted by Gasteiger charge is 2.03. The minimum absolute atomic E-state index is 0.0562. The second-order valence-electron chi connectivity index (χ2n) is 4.27. The second kappa shape index (κ2) is 6.95. The van der Waals surface area contributed by atoms with Gasteiger partial charge in [-0.25, -0.2) is 4.98 Å². The Morgan fingerprint density at radius 3 is 2.74 bits per heavy atom. The van der Waals surface area contributed by atoms with Gasteiger partial charge in [-0.2, -0.15) is 0 Å². The summed E-state index contributed by atoms with van der Waals surface area (Å²) in [6.45, 7) is 1.60. The van der Waals surface area contributed by atoms with Crippen LogP contribution in [-0.4, -0.2) is 22.0 Å². The van der Waals surface area contributed by atoms with Crippen LogP contribution in [0.4, 0.5) is 0 Å². The first-order valence-electron chi connectivity index (χ1n) is 6.25. The Balaban J connectivity index is 1.65. The van der Waals surface area contributed by atoms with Gasteiger partial charge in [-0.15, -0.1) is 0 Å². The van der Waals surface area contributed by atoms with E-state index in [9.17, 15) is 4.79 Å². The van der Waals surface area contributed by atoms with Gasteiger partial charge in [-0.1, -0.05) is 11.6 Å². The number of benzene rings is 1. The standard InChI is InChI=1S/C14H16ClN3O/c15-13-5-3-12(4-6-13)14(19)17-7-1-2-9-18-10-8-16-11-18/h3-6,8,10-11H,1-2,7,9H2,(H,17,19). The fourth-order valence-corrected chi connectivity index (χ4v) is 1.87. The van der Waals surface area contributed by atoms with Crippen LogP contribution in [0.1, 0.15) is 23.2 Å². The molecule has 0 saturated heterocycles. The molecule has 0 radical (unpaired) electrons. The number of halogens is 1. The van der Waals surface area contributed by atoms with E-state index in [1.165, 1.54) is 0 Å². The molecule has 1 amide bonds. The number of imidazole rings is 1. The Labute approximate surface area is 117 Å². The lowest BCUT2D eigenvalue weighted by Crippen LogP contribution is -2.24. The number of amides is 1. The van der Waals surface area contributed by atoms with Crippen LogP contribution in [0.25, 0.3) is 0 Å². The predicted molar refractivity (Wildman–Crippen MR) is 75.2 cm³/mol. The van der Waals surface area contributed by atoms with Crippen molar-refractivity contribution in [2.45, 2.75) is 19.4 Å². The fourth-order valence-electron chi connectivity index (χ4n) is 1.74. The number of nitrogens with one attached hydrogen (secondary N) is 1. The van der Waals surface area contributed by atoms with Gasteiger partial charge in [0.05, 0.1) is 6.33 Å². The van der Waals surface area contributed by atoms with Crippen molar-refractivity contribution in [1.29, 1.82) is 0 Å². The molecule has 100 valence electrons. The Morgan fingerprint density at radius 1 is 1.26 bits per heavy atom. The molecule has 0 unspecified atom stereocenters. The monoisotopic (exact) mass is 277 g/mol. The normalized spacial score (nSPS) is 10.4. The number of aryl methyl sites for hydroxylation is 1. The van der Waals surface area contributed by atoms with E-state index in [-0.39, 0.29) is 5.91 Å². The van der Waals surface area contributed by atoms with E-state index in [1.54, 1.807) is 36.8 Å². The maximum Gasteiger partial charge on any atom is 0.251 e. The van der Waals surface area contributed by atoms with E-state index in [4.69, 9.17) is 11.6 Å². The molecule has 0 aliphatic rings. The maximum atomic E-state index is 11.8. The maximum absolute atomic E-state index is 11.8. The van der Waals surface area contributed by atoms with Crippen LogP contribution in [-0.2, 0) is 6.54 Å². The van der Waals surface area contributed by atoms with Crippen molar-refractivity contribution in [2.75, 3.05) is 6.54 Å². The van der Waals surface area contributed by atoms with Crippen molar-refractivity contribution in [2.24, 2.45) is 0 Å². The topological polar surface area (TPSA) is 46.9 Å². The van der Waals surface area contributed by atoms with Crippen LogP contribution in [0.3, 0.4) is 0 Å². The SMILES string of the molecule is O=C(NCCCCn1ccnc1)c1ccc(Cl)cc1. The van der Waals surface area contributed by atoms with Gasteiger partial charge >= 0.3 is 0 Å². The summed E-state index contributed by atoms with van der Waals surface area (Å²) in [5, 5.41) is 3.53. The third-order valence-corrected chi connectivity index (χ3v) is 3.05. The largest absolute Gasteiger partial charge is 0.352 e. The zero-order valence-electron chi connectivity index (χ0n) is 10.6. The zero-order valence-corrected chi connectivity index (χ0v) is 11.3. The van der Waals surface area contributed by atoms with Crippen molar-refractivity contribution >= 4 is 17.5 Å². The van der Waals surface area contributed by atoms with Gasteiger partial charge in [0.2, 0.25) is 0 Å². The smallest absolute Gasteiger partial charge is 0.251 e. The Bertz CT molecular complexity index is 508. The van der Waals surface area contributed by atoms with Crippen molar-refractivity contribution < 1.29 is 4.79 Å². The fraction of sp³-hybridized carbons (Fsp3) is 0.286. The summed E-state index contributed by atoms with van der Waals surface area (Å²) in [6.07, 6.45) is 7.45. The predicted octanol–water partition coefficient (Wildman–Crippen LogP) is 2.75. The average Bonchev–Trinajstić information content (AvgIpc) is 2.92. The highest BCUT2D eigenvalue weighted by molar-refractivity contribution is 6.30. The number of rotatable bonds is 6. The first-order chi connectivity index (χ1) is 9.25. The van der Waals surface area contributed by atoms with Crippen molar-refractivity contribution in [3.8, 4) is 0 Å². The molecule has 2 rings (SSSR count). The number of aromatic nitrogens is 2. The molecule has 4 nitrogen and oxygen atoms in total. The quantitative estimate of drug-likeness (QED) is 0.826. The van der Waals surface area contributed by atoms with E-state index in [2.05, 4.69) is 10.3 Å². The third-order valence-electron chi connectivity index (χ3n) is 2.79. The highest BCUT2D eigenvalue weighted by Crippen LogP contribution is 2.09. The molecule has 0 saturated carbocycles. The van der Waals surface area contributed by atoms with E-state index in [0.29, 0.717) is 17.1 Å². The highest BCUT2D eigenvalue weighted by atomic mass is 35.5. The van der Waals surface area contributed by atoms with E-state index >= 15 is 0 Å². The lowest BCUT2D eigenvalue weighted by atomic mass is 10.2. The van der Waals surface area contributed by atoms with Crippen molar-refractivity contribution in [3.05, 3.63) is 53.6 Å². The Hall–Kier alpha value is -1.81. The molecule has 0 aliphatic carbocycles. The first kappa shape index (κ1) is 13.6. The van der Waals surface area contributed by atoms with E-state index < -0.39 is 0 Å². The van der Waals surface area contributed by atoms with Gasteiger partial charge in [-0.05, 0) is 37.1 Å². The van der Waals surface area contributed by atoms with E-state index in [1.807, 2.05) is 10.8 Å². The van der Waals surface area contributed by atoms with Gasteiger partial charge in [0.25, 0.3) is 5.91 Å². The molecule has 1 heterocycles. The molecule has 19 heavy (non-hydrogen) atoms. The third kappa shape index (κ3) is 4.41. The molecule has 5 heteroatoms. The molecule has 0 fully saturated rings. The number of nitrogens with zero attached hydrogens (tertiary/aromatic N) is 2. The lowest BCUT2D eigenvalue weighted by Gasteiger charge is -2.05. The minimum Gasteiger partial charge on any atom is -0.352 e. The molecule has 0 spiro atoms. The lowest BCUT2D eigenvalue weighted by molar-refractivity contribution is 0.0953. The molecular formula is C14H16ClN3O. The number of carbonyl (C=O) groups excluding carboxylic acids is 1. The molecule has 2 aromatic rings. The molecule has 0 atom stereocenters. The van der Waals surface area contributed by atoms with Crippen LogP contribution in [0.2, 0.25) is 5.02 Å². The van der Waals surface area contributed by atoms with Gasteiger partial charge < -0.3 is 9.88 Å². The van der Waals surface area contributed by atoms with Crippen LogP contribution in [0.15, 0.2) is 43.0 Å². The summed E-state index contributed by atoms with van der Waals surface area (Å²) in [7, 11) is 0. The van der Waals surface area contributed by atoms with Crippen molar-refractivity contribution in [3.63, 3.8) is 0 Å². The van der Waals surface area contributed by atoms with Gasteiger partial charge in [0.15, 0.2) is 0 Å².